The number of nitrogens with zero attached hydrogens (tertiary/aromatic N) is 2. The highest BCUT2D eigenvalue weighted by Gasteiger charge is 2.32. The average Bonchev–Trinajstić information content (AvgIpc) is 3.44. The van der Waals surface area contributed by atoms with Crippen LogP contribution >= 0.6 is 0 Å². The van der Waals surface area contributed by atoms with Gasteiger partial charge in [0.1, 0.15) is 12.3 Å². The molecule has 9 heteroatoms. The average molecular weight is 452 g/mol. The molecule has 6 nitrogen and oxygen atoms in total. The Bertz CT molecular complexity index is 906. The highest BCUT2D eigenvalue weighted by Crippen LogP contribution is 2.30. The Kier molecular flexibility index (Phi) is 7.60. The van der Waals surface area contributed by atoms with Gasteiger partial charge in [-0.15, -0.1) is 0 Å². The molecule has 1 unspecified atom stereocenters. The molecule has 3 rings (SSSR count). The lowest BCUT2D eigenvalue weighted by atomic mass is 10.1. The van der Waals surface area contributed by atoms with Crippen LogP contribution in [0, 0.1) is 0 Å². The van der Waals surface area contributed by atoms with Crippen LogP contribution in [-0.2, 0) is 22.3 Å². The molecule has 0 spiro atoms. The maximum absolute atomic E-state index is 13.2. The quantitative estimate of drug-likeness (QED) is 0.597. The molecule has 0 saturated carbocycles. The SMILES string of the molecule is CC(C)N(CC(=O)N(Cc1ccco1)CC1CCCO1)C(=O)c1cccc(C(F)(F)F)c1. The molecule has 1 aliphatic rings. The van der Waals surface area contributed by atoms with Crippen molar-refractivity contribution < 1.29 is 31.9 Å². The van der Waals surface area contributed by atoms with E-state index in [0.717, 1.165) is 25.0 Å². The van der Waals surface area contributed by atoms with E-state index in [0.29, 0.717) is 18.9 Å². The van der Waals surface area contributed by atoms with Crippen LogP contribution in [0.2, 0.25) is 0 Å². The van der Waals surface area contributed by atoms with Crippen molar-refractivity contribution in [3.63, 3.8) is 0 Å². The lowest BCUT2D eigenvalue weighted by Gasteiger charge is -2.31. The van der Waals surface area contributed by atoms with E-state index in [1.54, 1.807) is 30.9 Å². The third-order valence-electron chi connectivity index (χ3n) is 5.35. The van der Waals surface area contributed by atoms with Crippen LogP contribution in [0.1, 0.15) is 48.4 Å². The van der Waals surface area contributed by atoms with Crippen molar-refractivity contribution in [1.82, 2.24) is 9.80 Å². The van der Waals surface area contributed by atoms with Crippen molar-refractivity contribution in [2.75, 3.05) is 19.7 Å². The van der Waals surface area contributed by atoms with Crippen LogP contribution in [0.15, 0.2) is 47.1 Å². The van der Waals surface area contributed by atoms with Gasteiger partial charge in [-0.05, 0) is 57.0 Å². The van der Waals surface area contributed by atoms with Crippen LogP contribution in [0.3, 0.4) is 0 Å². The number of ether oxygens (including phenoxy) is 1. The van der Waals surface area contributed by atoms with E-state index in [1.165, 1.54) is 23.3 Å². The van der Waals surface area contributed by atoms with E-state index >= 15 is 0 Å². The number of carbonyl (C=O) groups is 2. The molecule has 0 aliphatic carbocycles. The van der Waals surface area contributed by atoms with Gasteiger partial charge >= 0.3 is 6.18 Å². The van der Waals surface area contributed by atoms with Crippen LogP contribution in [-0.4, -0.2) is 53.5 Å². The van der Waals surface area contributed by atoms with Gasteiger partial charge in [-0.3, -0.25) is 9.59 Å². The normalized spacial score (nSPS) is 16.4. The van der Waals surface area contributed by atoms with E-state index < -0.39 is 23.7 Å². The summed E-state index contributed by atoms with van der Waals surface area (Å²) in [7, 11) is 0. The predicted octanol–water partition coefficient (Wildman–Crippen LogP) is 4.36. The number of benzene rings is 1. The van der Waals surface area contributed by atoms with E-state index in [9.17, 15) is 22.8 Å². The van der Waals surface area contributed by atoms with Crippen LogP contribution in [0.25, 0.3) is 0 Å². The summed E-state index contributed by atoms with van der Waals surface area (Å²) in [4.78, 5) is 29.1. The molecule has 1 aliphatic heterocycles. The zero-order valence-electron chi connectivity index (χ0n) is 18.1. The smallest absolute Gasteiger partial charge is 0.416 e. The second-order valence-corrected chi connectivity index (χ2v) is 8.09. The van der Waals surface area contributed by atoms with Gasteiger partial charge in [0.05, 0.1) is 24.5 Å². The first-order chi connectivity index (χ1) is 15.1. The van der Waals surface area contributed by atoms with Crippen molar-refractivity contribution in [3.8, 4) is 0 Å². The van der Waals surface area contributed by atoms with Crippen LogP contribution in [0.4, 0.5) is 13.2 Å². The second-order valence-electron chi connectivity index (χ2n) is 8.09. The Morgan fingerprint density at radius 3 is 2.56 bits per heavy atom. The van der Waals surface area contributed by atoms with Crippen molar-refractivity contribution in [2.24, 2.45) is 0 Å². The number of furan rings is 1. The molecule has 2 heterocycles. The number of halogens is 3. The van der Waals surface area contributed by atoms with E-state index in [-0.39, 0.29) is 30.7 Å². The molecule has 0 N–H and O–H groups in total. The maximum atomic E-state index is 13.2. The topological polar surface area (TPSA) is 63.0 Å². The molecule has 1 fully saturated rings. The zero-order valence-corrected chi connectivity index (χ0v) is 18.1. The first kappa shape index (κ1) is 23.8. The fraction of sp³-hybridized carbons (Fsp3) is 0.478. The third-order valence-corrected chi connectivity index (χ3v) is 5.35. The molecule has 174 valence electrons. The molecular weight excluding hydrogens is 425 g/mol. The summed E-state index contributed by atoms with van der Waals surface area (Å²) in [6.45, 7) is 4.38. The van der Waals surface area contributed by atoms with Gasteiger partial charge in [0.2, 0.25) is 5.91 Å². The number of hydrogen-bond acceptors (Lipinski definition) is 4. The molecule has 0 radical (unpaired) electrons. The zero-order chi connectivity index (χ0) is 23.3. The molecule has 1 atom stereocenters. The Morgan fingerprint density at radius 2 is 1.97 bits per heavy atom. The van der Waals surface area contributed by atoms with Gasteiger partial charge in [-0.1, -0.05) is 6.07 Å². The van der Waals surface area contributed by atoms with Gasteiger partial charge in [0.25, 0.3) is 5.91 Å². The lowest BCUT2D eigenvalue weighted by molar-refractivity contribution is -0.137. The molecule has 2 aromatic rings. The fourth-order valence-electron chi connectivity index (χ4n) is 3.61. The monoisotopic (exact) mass is 452 g/mol. The summed E-state index contributed by atoms with van der Waals surface area (Å²) < 4.78 is 50.3. The van der Waals surface area contributed by atoms with Gasteiger partial charge in [0, 0.05) is 24.8 Å². The molecule has 1 aromatic heterocycles. The number of amides is 2. The molecular formula is C23H27F3N2O4. The van der Waals surface area contributed by atoms with E-state index in [2.05, 4.69) is 0 Å². The first-order valence-electron chi connectivity index (χ1n) is 10.5. The van der Waals surface area contributed by atoms with Gasteiger partial charge in [-0.25, -0.2) is 0 Å². The van der Waals surface area contributed by atoms with E-state index in [4.69, 9.17) is 9.15 Å². The summed E-state index contributed by atoms with van der Waals surface area (Å²) in [6.07, 6.45) is -1.39. The molecule has 2 amide bonds. The minimum absolute atomic E-state index is 0.0967. The summed E-state index contributed by atoms with van der Waals surface area (Å²) in [5, 5.41) is 0. The summed E-state index contributed by atoms with van der Waals surface area (Å²) in [6, 6.07) is 7.32. The fourth-order valence-corrected chi connectivity index (χ4v) is 3.61. The number of hydrogen-bond donors (Lipinski definition) is 0. The predicted molar refractivity (Wildman–Crippen MR) is 111 cm³/mol. The standard InChI is InChI=1S/C23H27F3N2O4/c1-16(2)28(22(30)17-6-3-7-18(12-17)23(24,25)26)15-21(29)27(13-19-8-4-10-31-19)14-20-9-5-11-32-20/h3-4,6-8,10,12,16,20H,5,9,11,13-15H2,1-2H3. The second kappa shape index (κ2) is 10.2. The highest BCUT2D eigenvalue weighted by molar-refractivity contribution is 5.97. The number of rotatable bonds is 8. The molecule has 0 bridgehead atoms. The molecule has 1 saturated heterocycles. The number of alkyl halides is 3. The Balaban J connectivity index is 1.77. The molecule has 1 aromatic carbocycles. The van der Waals surface area contributed by atoms with Gasteiger partial charge in [0.15, 0.2) is 0 Å². The first-order valence-corrected chi connectivity index (χ1v) is 10.5. The van der Waals surface area contributed by atoms with Crippen LogP contribution < -0.4 is 0 Å². The van der Waals surface area contributed by atoms with Crippen molar-refractivity contribution in [1.29, 1.82) is 0 Å². The Hall–Kier alpha value is -2.81. The van der Waals surface area contributed by atoms with Crippen molar-refractivity contribution in [2.45, 2.75) is 51.6 Å². The summed E-state index contributed by atoms with van der Waals surface area (Å²) in [5.74, 6) is -0.364. The highest BCUT2D eigenvalue weighted by atomic mass is 19.4. The minimum Gasteiger partial charge on any atom is -0.467 e. The third kappa shape index (κ3) is 6.12. The van der Waals surface area contributed by atoms with Crippen molar-refractivity contribution in [3.05, 3.63) is 59.5 Å². The number of carbonyl (C=O) groups excluding carboxylic acids is 2. The van der Waals surface area contributed by atoms with Gasteiger partial charge < -0.3 is 19.0 Å². The largest absolute Gasteiger partial charge is 0.467 e. The van der Waals surface area contributed by atoms with Crippen LogP contribution in [0.5, 0.6) is 0 Å². The van der Waals surface area contributed by atoms with E-state index in [1.807, 2.05) is 0 Å². The minimum atomic E-state index is -4.56. The maximum Gasteiger partial charge on any atom is 0.416 e. The summed E-state index contributed by atoms with van der Waals surface area (Å²) >= 11 is 0. The molecule has 32 heavy (non-hydrogen) atoms. The van der Waals surface area contributed by atoms with Gasteiger partial charge in [-0.2, -0.15) is 13.2 Å². The Labute approximate surface area is 184 Å². The lowest BCUT2D eigenvalue weighted by Crippen LogP contribution is -2.47. The Morgan fingerprint density at radius 1 is 1.19 bits per heavy atom. The summed E-state index contributed by atoms with van der Waals surface area (Å²) in [5.41, 5.74) is -1.02. The van der Waals surface area contributed by atoms with Crippen molar-refractivity contribution >= 4 is 11.8 Å².